The Hall–Kier alpha value is 0.170. The van der Waals surface area contributed by atoms with Gasteiger partial charge in [0.15, 0.2) is 0 Å². The van der Waals surface area contributed by atoms with Crippen LogP contribution in [0.15, 0.2) is 0 Å². The Kier molecular flexibility index (Phi) is 6.78. The van der Waals surface area contributed by atoms with E-state index >= 15 is 0 Å². The molecule has 17 heavy (non-hydrogen) atoms. The van der Waals surface area contributed by atoms with Crippen LogP contribution in [0.5, 0.6) is 0 Å². The zero-order chi connectivity index (χ0) is 11.4. The second-order valence-electron chi connectivity index (χ2n) is 5.46. The van der Waals surface area contributed by atoms with Gasteiger partial charge in [-0.05, 0) is 58.0 Å². The van der Waals surface area contributed by atoms with Gasteiger partial charge in [-0.2, -0.15) is 0 Å². The van der Waals surface area contributed by atoms with Crippen LogP contribution in [0.3, 0.4) is 0 Å². The second-order valence-corrected chi connectivity index (χ2v) is 5.46. The van der Waals surface area contributed by atoms with Crippen LogP contribution in [0.2, 0.25) is 0 Å². The minimum atomic E-state index is 0. The van der Waals surface area contributed by atoms with Crippen molar-refractivity contribution in [2.24, 2.45) is 11.7 Å². The van der Waals surface area contributed by atoms with Gasteiger partial charge in [0, 0.05) is 19.2 Å². The molecule has 3 nitrogen and oxygen atoms in total. The molecule has 4 heteroatoms. The van der Waals surface area contributed by atoms with Crippen LogP contribution in [0.25, 0.3) is 0 Å². The third-order valence-corrected chi connectivity index (χ3v) is 4.17. The van der Waals surface area contributed by atoms with Crippen molar-refractivity contribution in [2.75, 3.05) is 26.2 Å². The molecule has 0 aromatic carbocycles. The highest BCUT2D eigenvalue weighted by atomic mass is 35.5. The van der Waals surface area contributed by atoms with E-state index in [1.807, 2.05) is 0 Å². The lowest BCUT2D eigenvalue weighted by atomic mass is 9.91. The van der Waals surface area contributed by atoms with E-state index in [1.54, 1.807) is 0 Å². The first-order chi connectivity index (χ1) is 7.75. The van der Waals surface area contributed by atoms with Crippen molar-refractivity contribution < 1.29 is 4.74 Å². The van der Waals surface area contributed by atoms with Crippen molar-refractivity contribution >= 4 is 12.4 Å². The Morgan fingerprint density at radius 3 is 2.53 bits per heavy atom. The van der Waals surface area contributed by atoms with Crippen LogP contribution >= 0.6 is 12.4 Å². The maximum absolute atomic E-state index is 5.95. The van der Waals surface area contributed by atoms with E-state index < -0.39 is 0 Å². The van der Waals surface area contributed by atoms with Crippen LogP contribution < -0.4 is 5.73 Å². The number of nitrogens with two attached hydrogens (primary N) is 1. The predicted octanol–water partition coefficient (Wildman–Crippen LogP) is 2.04. The Labute approximate surface area is 111 Å². The van der Waals surface area contributed by atoms with E-state index in [2.05, 4.69) is 11.8 Å². The van der Waals surface area contributed by atoms with Gasteiger partial charge < -0.3 is 15.4 Å². The molecule has 2 fully saturated rings. The summed E-state index contributed by atoms with van der Waals surface area (Å²) in [6, 6.07) is 0.375. The lowest BCUT2D eigenvalue weighted by molar-refractivity contribution is 0.0839. The van der Waals surface area contributed by atoms with Crippen molar-refractivity contribution in [1.82, 2.24) is 4.90 Å². The van der Waals surface area contributed by atoms with Crippen molar-refractivity contribution in [2.45, 2.75) is 51.2 Å². The molecule has 0 radical (unpaired) electrons. The Morgan fingerprint density at radius 2 is 2.00 bits per heavy atom. The minimum Gasteiger partial charge on any atom is -0.378 e. The molecule has 0 aromatic rings. The fourth-order valence-corrected chi connectivity index (χ4v) is 2.90. The number of ether oxygens (including phenoxy) is 1. The van der Waals surface area contributed by atoms with Crippen LogP contribution in [-0.2, 0) is 4.74 Å². The zero-order valence-electron chi connectivity index (χ0n) is 10.9. The lowest BCUT2D eigenvalue weighted by Crippen LogP contribution is -2.40. The minimum absolute atomic E-state index is 0. The molecule has 0 amide bonds. The fraction of sp³-hybridized carbons (Fsp3) is 1.00. The normalized spacial score (nSPS) is 28.9. The predicted molar refractivity (Wildman–Crippen MR) is 73.7 cm³/mol. The van der Waals surface area contributed by atoms with Gasteiger partial charge in [-0.3, -0.25) is 0 Å². The van der Waals surface area contributed by atoms with Crippen molar-refractivity contribution in [1.29, 1.82) is 0 Å². The molecule has 0 spiro atoms. The van der Waals surface area contributed by atoms with Gasteiger partial charge in [0.25, 0.3) is 0 Å². The van der Waals surface area contributed by atoms with E-state index in [0.717, 1.165) is 12.5 Å². The molecule has 2 N–H and O–H groups in total. The fourth-order valence-electron chi connectivity index (χ4n) is 2.90. The number of likely N-dealkylation sites (tertiary alicyclic amines) is 1. The summed E-state index contributed by atoms with van der Waals surface area (Å²) in [6.07, 6.45) is 6.87. The molecule has 0 bridgehead atoms. The lowest BCUT2D eigenvalue weighted by Gasteiger charge is -2.34. The summed E-state index contributed by atoms with van der Waals surface area (Å²) in [7, 11) is 0. The summed E-state index contributed by atoms with van der Waals surface area (Å²) in [5.74, 6) is 0.749. The van der Waals surface area contributed by atoms with Crippen molar-refractivity contribution in [3.8, 4) is 0 Å². The van der Waals surface area contributed by atoms with Gasteiger partial charge in [0.1, 0.15) is 0 Å². The Morgan fingerprint density at radius 1 is 1.29 bits per heavy atom. The average Bonchev–Trinajstić information content (AvgIpc) is 2.80. The molecule has 102 valence electrons. The molecule has 0 aliphatic carbocycles. The first-order valence-corrected chi connectivity index (χ1v) is 6.85. The Balaban J connectivity index is 0.00000144. The van der Waals surface area contributed by atoms with Crippen molar-refractivity contribution in [3.05, 3.63) is 0 Å². The van der Waals surface area contributed by atoms with E-state index in [4.69, 9.17) is 10.5 Å². The first kappa shape index (κ1) is 15.2. The van der Waals surface area contributed by atoms with Crippen LogP contribution in [0, 0.1) is 5.92 Å². The quantitative estimate of drug-likeness (QED) is 0.843. The largest absolute Gasteiger partial charge is 0.378 e. The number of piperidine rings is 1. The third-order valence-electron chi connectivity index (χ3n) is 4.17. The molecule has 2 saturated heterocycles. The SMILES string of the molecule is CC(N)C1CCN(CCC2CCCO2)CC1.Cl. The molecule has 0 aromatic heterocycles. The van der Waals surface area contributed by atoms with Gasteiger partial charge in [-0.15, -0.1) is 12.4 Å². The number of halogens is 1. The number of rotatable bonds is 4. The molecule has 2 aliphatic heterocycles. The van der Waals surface area contributed by atoms with E-state index in [0.29, 0.717) is 12.1 Å². The van der Waals surface area contributed by atoms with Crippen molar-refractivity contribution in [3.63, 3.8) is 0 Å². The number of nitrogens with zero attached hydrogens (tertiary/aromatic N) is 1. The van der Waals surface area contributed by atoms with Crippen LogP contribution in [0.4, 0.5) is 0 Å². The maximum atomic E-state index is 5.95. The zero-order valence-corrected chi connectivity index (χ0v) is 11.8. The van der Waals surface area contributed by atoms with E-state index in [9.17, 15) is 0 Å². The van der Waals surface area contributed by atoms with Gasteiger partial charge in [0.05, 0.1) is 6.10 Å². The molecular weight excluding hydrogens is 236 g/mol. The topological polar surface area (TPSA) is 38.5 Å². The smallest absolute Gasteiger partial charge is 0.0588 e. The highest BCUT2D eigenvalue weighted by Crippen LogP contribution is 2.21. The monoisotopic (exact) mass is 262 g/mol. The Bertz CT molecular complexity index is 200. The van der Waals surface area contributed by atoms with Gasteiger partial charge in [0.2, 0.25) is 0 Å². The average molecular weight is 263 g/mol. The molecule has 2 rings (SSSR count). The molecular formula is C13H27ClN2O. The van der Waals surface area contributed by atoms with Crippen LogP contribution in [0.1, 0.15) is 39.0 Å². The summed E-state index contributed by atoms with van der Waals surface area (Å²) in [5.41, 5.74) is 5.95. The number of hydrogen-bond acceptors (Lipinski definition) is 3. The van der Waals surface area contributed by atoms with Crippen LogP contribution in [-0.4, -0.2) is 43.3 Å². The molecule has 2 aliphatic rings. The van der Waals surface area contributed by atoms with Gasteiger partial charge in [-0.25, -0.2) is 0 Å². The molecule has 2 atom stereocenters. The summed E-state index contributed by atoms with van der Waals surface area (Å²) in [6.45, 7) is 6.82. The summed E-state index contributed by atoms with van der Waals surface area (Å²) < 4.78 is 5.66. The highest BCUT2D eigenvalue weighted by molar-refractivity contribution is 5.85. The highest BCUT2D eigenvalue weighted by Gasteiger charge is 2.23. The van der Waals surface area contributed by atoms with Gasteiger partial charge in [-0.1, -0.05) is 0 Å². The van der Waals surface area contributed by atoms with E-state index in [-0.39, 0.29) is 12.4 Å². The first-order valence-electron chi connectivity index (χ1n) is 6.85. The summed E-state index contributed by atoms with van der Waals surface area (Å²) in [4.78, 5) is 2.58. The second kappa shape index (κ2) is 7.57. The maximum Gasteiger partial charge on any atom is 0.0588 e. The molecule has 0 saturated carbocycles. The third kappa shape index (κ3) is 4.74. The standard InChI is InChI=1S/C13H26N2O.ClH/c1-11(14)12-4-7-15(8-5-12)9-6-13-3-2-10-16-13;/h11-13H,2-10,14H2,1H3;1H. The number of hydrogen-bond donors (Lipinski definition) is 1. The summed E-state index contributed by atoms with van der Waals surface area (Å²) >= 11 is 0. The summed E-state index contributed by atoms with van der Waals surface area (Å²) in [5, 5.41) is 0. The van der Waals surface area contributed by atoms with Gasteiger partial charge >= 0.3 is 0 Å². The van der Waals surface area contributed by atoms with E-state index in [1.165, 1.54) is 51.7 Å². The molecule has 2 unspecified atom stereocenters. The molecule has 2 heterocycles.